The maximum Gasteiger partial charge on any atom is 0.0634 e. The van der Waals surface area contributed by atoms with Crippen LogP contribution in [0.15, 0.2) is 84.9 Å². The quantitative estimate of drug-likeness (QED) is 0.231. The summed E-state index contributed by atoms with van der Waals surface area (Å²) in [6.45, 7) is 0. The maximum atomic E-state index is 2.60. The number of rotatable bonds is 2. The molecule has 2 heteroatoms. The van der Waals surface area contributed by atoms with Crippen molar-refractivity contribution in [2.24, 2.45) is 0 Å². The van der Waals surface area contributed by atoms with E-state index < -0.39 is 0 Å². The van der Waals surface area contributed by atoms with Crippen molar-refractivity contribution in [3.8, 4) is 0 Å². The Labute approximate surface area is 218 Å². The van der Waals surface area contributed by atoms with Crippen LogP contribution >= 0.6 is 0 Å². The highest BCUT2D eigenvalue weighted by Gasteiger charge is 2.30. The third-order valence-corrected chi connectivity index (χ3v) is 9.88. The van der Waals surface area contributed by atoms with E-state index in [2.05, 4.69) is 93.7 Å². The predicted molar refractivity (Wildman–Crippen MR) is 160 cm³/mol. The van der Waals surface area contributed by atoms with E-state index in [9.17, 15) is 0 Å². The lowest BCUT2D eigenvalue weighted by Gasteiger charge is -2.04. The van der Waals surface area contributed by atoms with Crippen LogP contribution in [0.5, 0.6) is 0 Å². The Morgan fingerprint density at radius 2 is 0.816 bits per heavy atom. The van der Waals surface area contributed by atoms with Gasteiger partial charge >= 0.3 is 0 Å². The van der Waals surface area contributed by atoms with Gasteiger partial charge in [-0.3, -0.25) is 0 Å². The van der Waals surface area contributed by atoms with Gasteiger partial charge in [0.1, 0.15) is 0 Å². The number of benzene rings is 5. The smallest absolute Gasteiger partial charge is 0.0634 e. The van der Waals surface area contributed by atoms with Gasteiger partial charge in [-0.2, -0.15) is 0 Å². The van der Waals surface area contributed by atoms with E-state index in [4.69, 9.17) is 0 Å². The Bertz CT molecular complexity index is 2290. The molecule has 0 spiro atoms. The summed E-state index contributed by atoms with van der Waals surface area (Å²) in [4.78, 5) is 0. The summed E-state index contributed by atoms with van der Waals surface area (Å²) < 4.78 is 5.19. The summed E-state index contributed by atoms with van der Waals surface area (Å²) in [6, 6.07) is 32.9. The minimum absolute atomic E-state index is 0.741. The molecule has 2 fully saturated rings. The number of hydrogen-bond donors (Lipinski definition) is 0. The maximum absolute atomic E-state index is 2.60. The normalized spacial score (nSPS) is 16.8. The molecule has 9 aromatic rings. The first kappa shape index (κ1) is 18.9. The number of nitrogens with zero attached hydrogens (tertiary/aromatic N) is 2. The first-order chi connectivity index (χ1) is 18.9. The van der Waals surface area contributed by atoms with Crippen LogP contribution < -0.4 is 0 Å². The van der Waals surface area contributed by atoms with Crippen molar-refractivity contribution in [3.63, 3.8) is 0 Å². The minimum Gasteiger partial charge on any atom is -0.308 e. The first-order valence-electron chi connectivity index (χ1n) is 14.2. The summed E-state index contributed by atoms with van der Waals surface area (Å²) in [6.07, 6.45) is 5.31. The van der Waals surface area contributed by atoms with Crippen LogP contribution in [0.1, 0.15) is 48.6 Å². The number of hydrogen-bond acceptors (Lipinski definition) is 0. The van der Waals surface area contributed by atoms with Gasteiger partial charge in [0.05, 0.1) is 33.1 Å². The van der Waals surface area contributed by atoms with Crippen molar-refractivity contribution in [1.82, 2.24) is 8.80 Å². The molecule has 4 heterocycles. The molecule has 38 heavy (non-hydrogen) atoms. The molecule has 4 aromatic heterocycles. The van der Waals surface area contributed by atoms with Gasteiger partial charge in [0, 0.05) is 43.1 Å². The van der Waals surface area contributed by atoms with Crippen LogP contribution in [0, 0.1) is 0 Å². The molecule has 2 aliphatic rings. The van der Waals surface area contributed by atoms with E-state index >= 15 is 0 Å². The highest BCUT2D eigenvalue weighted by Crippen LogP contribution is 2.53. The molecule has 2 nitrogen and oxygen atoms in total. The van der Waals surface area contributed by atoms with Gasteiger partial charge in [0.25, 0.3) is 0 Å². The Balaban J connectivity index is 1.52. The fourth-order valence-electron chi connectivity index (χ4n) is 7.95. The van der Waals surface area contributed by atoms with Crippen LogP contribution in [-0.4, -0.2) is 8.80 Å². The molecule has 0 aliphatic heterocycles. The van der Waals surface area contributed by atoms with E-state index in [1.54, 1.807) is 0 Å². The molecule has 11 rings (SSSR count). The van der Waals surface area contributed by atoms with Gasteiger partial charge in [0.15, 0.2) is 0 Å². The number of fused-ring (bicyclic) bond motifs is 14. The number of para-hydroxylation sites is 2. The van der Waals surface area contributed by atoms with Gasteiger partial charge < -0.3 is 8.80 Å². The van der Waals surface area contributed by atoms with E-state index in [-0.39, 0.29) is 0 Å². The average Bonchev–Trinajstić information content (AvgIpc) is 3.88. The highest BCUT2D eigenvalue weighted by atomic mass is 14.9. The summed E-state index contributed by atoms with van der Waals surface area (Å²) in [5.41, 5.74) is 11.2. The van der Waals surface area contributed by atoms with Gasteiger partial charge in [0.2, 0.25) is 0 Å². The van der Waals surface area contributed by atoms with Crippen molar-refractivity contribution in [3.05, 3.63) is 96.1 Å². The molecule has 0 radical (unpaired) electrons. The van der Waals surface area contributed by atoms with Gasteiger partial charge in [-0.05, 0) is 72.9 Å². The van der Waals surface area contributed by atoms with Crippen LogP contribution in [0.2, 0.25) is 0 Å². The highest BCUT2D eigenvalue weighted by molar-refractivity contribution is 6.45. The zero-order valence-electron chi connectivity index (χ0n) is 21.0. The SMILES string of the molecule is c1ccc2c(c1)c1c3c4ccc(C5CC5)cc4n4c5ccccc5c(c5c6ccc(C7CC7)cc6n2c15)c34. The molecule has 0 saturated heterocycles. The molecule has 0 amide bonds. The summed E-state index contributed by atoms with van der Waals surface area (Å²) in [7, 11) is 0. The van der Waals surface area contributed by atoms with Crippen molar-refractivity contribution < 1.29 is 0 Å². The topological polar surface area (TPSA) is 8.82 Å². The van der Waals surface area contributed by atoms with Crippen molar-refractivity contribution >= 4 is 76.2 Å². The van der Waals surface area contributed by atoms with Crippen LogP contribution in [0.25, 0.3) is 76.2 Å². The van der Waals surface area contributed by atoms with Gasteiger partial charge in [-0.1, -0.05) is 60.7 Å². The third-order valence-electron chi connectivity index (χ3n) is 9.88. The fraction of sp³-hybridized carbons (Fsp3) is 0.167. The molecule has 5 aromatic carbocycles. The van der Waals surface area contributed by atoms with Crippen LogP contribution in [0.4, 0.5) is 0 Å². The minimum atomic E-state index is 0.741. The lowest BCUT2D eigenvalue weighted by molar-refractivity contribution is 1.13. The first-order valence-corrected chi connectivity index (χ1v) is 14.2. The van der Waals surface area contributed by atoms with Crippen molar-refractivity contribution in [2.45, 2.75) is 37.5 Å². The second kappa shape index (κ2) is 6.05. The zero-order valence-corrected chi connectivity index (χ0v) is 21.0. The largest absolute Gasteiger partial charge is 0.308 e. The Hall–Kier alpha value is -4.30. The average molecular weight is 485 g/mol. The second-order valence-electron chi connectivity index (χ2n) is 12.0. The summed E-state index contributed by atoms with van der Waals surface area (Å²) in [5, 5.41) is 11.2. The van der Waals surface area contributed by atoms with Gasteiger partial charge in [-0.15, -0.1) is 0 Å². The molecular weight excluding hydrogens is 460 g/mol. The molecule has 178 valence electrons. The Morgan fingerprint density at radius 1 is 0.421 bits per heavy atom. The molecule has 0 N–H and O–H groups in total. The Kier molecular flexibility index (Phi) is 3.00. The summed E-state index contributed by atoms with van der Waals surface area (Å²) >= 11 is 0. The van der Waals surface area contributed by atoms with Crippen molar-refractivity contribution in [1.29, 1.82) is 0 Å². The Morgan fingerprint density at radius 3 is 1.24 bits per heavy atom. The predicted octanol–water partition coefficient (Wildman–Crippen LogP) is 9.74. The summed E-state index contributed by atoms with van der Waals surface area (Å²) in [5.74, 6) is 1.48. The standard InChI is InChI=1S/C36H24N2/c1-3-7-27-23(5-1)31-33-25-15-13-22(20-11-12-20)18-30(25)38-28-8-4-2-6-24(28)32(36(33)38)34-26-16-14-21(19-9-10-19)17-29(26)37(27)35(31)34/h1-8,13-20H,9-12H2. The molecule has 0 atom stereocenters. The van der Waals surface area contributed by atoms with E-state index in [1.165, 1.54) is 113 Å². The van der Waals surface area contributed by atoms with E-state index in [0.717, 1.165) is 11.8 Å². The van der Waals surface area contributed by atoms with E-state index in [1.807, 2.05) is 0 Å². The van der Waals surface area contributed by atoms with Gasteiger partial charge in [-0.25, -0.2) is 0 Å². The van der Waals surface area contributed by atoms with Crippen LogP contribution in [0.3, 0.4) is 0 Å². The third kappa shape index (κ3) is 2.02. The molecule has 0 bridgehead atoms. The molecule has 2 saturated carbocycles. The second-order valence-corrected chi connectivity index (χ2v) is 12.0. The fourth-order valence-corrected chi connectivity index (χ4v) is 7.95. The lowest BCUT2D eigenvalue weighted by Crippen LogP contribution is -1.83. The monoisotopic (exact) mass is 484 g/mol. The molecule has 0 unspecified atom stereocenters. The zero-order chi connectivity index (χ0) is 24.3. The number of aromatic nitrogens is 2. The lowest BCUT2D eigenvalue weighted by atomic mass is 9.96. The van der Waals surface area contributed by atoms with Crippen LogP contribution in [-0.2, 0) is 0 Å². The van der Waals surface area contributed by atoms with E-state index in [0.29, 0.717) is 0 Å². The molecule has 2 aliphatic carbocycles. The molecular formula is C36H24N2. The van der Waals surface area contributed by atoms with Crippen molar-refractivity contribution in [2.75, 3.05) is 0 Å².